The number of hydrogen-bond acceptors (Lipinski definition) is 5. The highest BCUT2D eigenvalue weighted by Gasteiger charge is 2.11. The monoisotopic (exact) mass is 306 g/mol. The normalized spacial score (nSPS) is 11.1. The summed E-state index contributed by atoms with van der Waals surface area (Å²) in [5, 5.41) is 8.02. The largest absolute Gasteiger partial charge is 0.325 e. The van der Waals surface area contributed by atoms with Gasteiger partial charge in [-0.15, -0.1) is 10.2 Å². The zero-order chi connectivity index (χ0) is 15.3. The number of hydrogen-bond donors (Lipinski definition) is 1. The van der Waals surface area contributed by atoms with Crippen LogP contribution in [0.4, 0.5) is 17.3 Å². The van der Waals surface area contributed by atoms with E-state index in [0.29, 0.717) is 5.82 Å². The van der Waals surface area contributed by atoms with E-state index in [2.05, 4.69) is 14.9 Å². The van der Waals surface area contributed by atoms with Crippen LogP contribution in [-0.4, -0.2) is 30.9 Å². The van der Waals surface area contributed by atoms with Gasteiger partial charge in [-0.25, -0.2) is 8.42 Å². The molecule has 6 nitrogen and oxygen atoms in total. The second kappa shape index (κ2) is 6.53. The average Bonchev–Trinajstić information content (AvgIpc) is 2.50. The number of nitrogens with zero attached hydrogens (tertiary/aromatic N) is 3. The Balaban J connectivity index is 2.22. The molecule has 0 amide bonds. The van der Waals surface area contributed by atoms with E-state index < -0.39 is 10.0 Å². The minimum absolute atomic E-state index is 0.00152. The zero-order valence-electron chi connectivity index (χ0n) is 12.0. The highest BCUT2D eigenvalue weighted by molar-refractivity contribution is 7.92. The van der Waals surface area contributed by atoms with Gasteiger partial charge in [-0.1, -0.05) is 18.2 Å². The summed E-state index contributed by atoms with van der Waals surface area (Å²) in [6.07, 6.45) is 0. The molecule has 1 heterocycles. The Kier molecular flexibility index (Phi) is 4.74. The van der Waals surface area contributed by atoms with Gasteiger partial charge in [0, 0.05) is 12.2 Å². The number of anilines is 3. The van der Waals surface area contributed by atoms with Crippen LogP contribution in [0, 0.1) is 0 Å². The van der Waals surface area contributed by atoms with Crippen LogP contribution < -0.4 is 9.62 Å². The van der Waals surface area contributed by atoms with Crippen LogP contribution in [-0.2, 0) is 10.0 Å². The lowest BCUT2D eigenvalue weighted by Crippen LogP contribution is -2.19. The van der Waals surface area contributed by atoms with Crippen molar-refractivity contribution < 1.29 is 8.42 Å². The third-order valence-corrected chi connectivity index (χ3v) is 4.23. The van der Waals surface area contributed by atoms with Crippen LogP contribution in [0.2, 0.25) is 0 Å². The fraction of sp³-hybridized carbons (Fsp3) is 0.286. The van der Waals surface area contributed by atoms with Crippen molar-refractivity contribution in [1.29, 1.82) is 0 Å². The van der Waals surface area contributed by atoms with Crippen LogP contribution in [0.5, 0.6) is 0 Å². The molecule has 112 valence electrons. The smallest absolute Gasteiger partial charge is 0.233 e. The van der Waals surface area contributed by atoms with Crippen LogP contribution in [0.15, 0.2) is 42.5 Å². The summed E-state index contributed by atoms with van der Waals surface area (Å²) in [5.41, 5.74) is 1.01. The summed E-state index contributed by atoms with van der Waals surface area (Å²) < 4.78 is 25.3. The first kappa shape index (κ1) is 15.2. The van der Waals surface area contributed by atoms with Crippen LogP contribution >= 0.6 is 0 Å². The summed E-state index contributed by atoms with van der Waals surface area (Å²) >= 11 is 0. The number of rotatable bonds is 6. The van der Waals surface area contributed by atoms with Gasteiger partial charge in [0.05, 0.1) is 5.75 Å². The van der Waals surface area contributed by atoms with Gasteiger partial charge in [-0.2, -0.15) is 0 Å². The third-order valence-electron chi connectivity index (χ3n) is 2.95. The van der Waals surface area contributed by atoms with E-state index in [1.165, 1.54) is 0 Å². The molecular formula is C14H18N4O2S. The fourth-order valence-electron chi connectivity index (χ4n) is 1.84. The summed E-state index contributed by atoms with van der Waals surface area (Å²) in [4.78, 5) is 1.99. The molecule has 0 aliphatic rings. The first-order chi connectivity index (χ1) is 10.1. The van der Waals surface area contributed by atoms with Gasteiger partial charge in [0.2, 0.25) is 10.0 Å². The van der Waals surface area contributed by atoms with Gasteiger partial charge in [0.25, 0.3) is 0 Å². The molecule has 0 unspecified atom stereocenters. The number of sulfonamides is 1. The number of benzene rings is 1. The fourth-order valence-corrected chi connectivity index (χ4v) is 2.41. The summed E-state index contributed by atoms with van der Waals surface area (Å²) in [6, 6.07) is 13.2. The van der Waals surface area contributed by atoms with E-state index in [9.17, 15) is 8.42 Å². The highest BCUT2D eigenvalue weighted by Crippen LogP contribution is 2.22. The summed E-state index contributed by atoms with van der Waals surface area (Å²) in [6.45, 7) is 4.32. The van der Waals surface area contributed by atoms with E-state index in [0.717, 1.165) is 12.2 Å². The second-order valence-electron chi connectivity index (χ2n) is 4.36. The molecule has 1 N–H and O–H groups in total. The predicted molar refractivity (Wildman–Crippen MR) is 84.2 cm³/mol. The zero-order valence-corrected chi connectivity index (χ0v) is 12.8. The van der Waals surface area contributed by atoms with Gasteiger partial charge >= 0.3 is 0 Å². The van der Waals surface area contributed by atoms with Gasteiger partial charge in [-0.3, -0.25) is 4.72 Å². The molecule has 0 saturated heterocycles. The molecule has 0 atom stereocenters. The molecule has 7 heteroatoms. The SMILES string of the molecule is CCN(c1ccccc1)c1ccc(NS(=O)(=O)CC)nn1. The Morgan fingerprint density at radius 1 is 1.05 bits per heavy atom. The molecule has 0 fully saturated rings. The van der Waals surface area contributed by atoms with Crippen LogP contribution in [0.25, 0.3) is 0 Å². The topological polar surface area (TPSA) is 75.2 Å². The Morgan fingerprint density at radius 3 is 2.29 bits per heavy atom. The van der Waals surface area contributed by atoms with Crippen molar-refractivity contribution in [2.24, 2.45) is 0 Å². The van der Waals surface area contributed by atoms with Gasteiger partial charge in [0.1, 0.15) is 0 Å². The molecule has 21 heavy (non-hydrogen) atoms. The molecule has 0 aliphatic heterocycles. The van der Waals surface area contributed by atoms with Crippen molar-refractivity contribution in [3.8, 4) is 0 Å². The van der Waals surface area contributed by atoms with E-state index >= 15 is 0 Å². The van der Waals surface area contributed by atoms with Gasteiger partial charge in [-0.05, 0) is 38.1 Å². The average molecular weight is 306 g/mol. The standard InChI is InChI=1S/C14H18N4O2S/c1-3-18(12-8-6-5-7-9-12)14-11-10-13(15-16-14)17-21(19,20)4-2/h5-11H,3-4H2,1-2H3,(H,15,17). The van der Waals surface area contributed by atoms with E-state index in [4.69, 9.17) is 0 Å². The van der Waals surface area contributed by atoms with Crippen LogP contribution in [0.1, 0.15) is 13.8 Å². The summed E-state index contributed by atoms with van der Waals surface area (Å²) in [5.74, 6) is 0.898. The van der Waals surface area contributed by atoms with Crippen molar-refractivity contribution in [1.82, 2.24) is 10.2 Å². The Bertz CT molecular complexity index is 672. The molecule has 0 spiro atoms. The Labute approximate surface area is 124 Å². The minimum atomic E-state index is -3.33. The number of aromatic nitrogens is 2. The van der Waals surface area contributed by atoms with Crippen molar-refractivity contribution in [2.45, 2.75) is 13.8 Å². The van der Waals surface area contributed by atoms with Crippen molar-refractivity contribution >= 4 is 27.3 Å². The molecule has 0 aliphatic carbocycles. The van der Waals surface area contributed by atoms with Crippen molar-refractivity contribution in [3.05, 3.63) is 42.5 Å². The molecule has 0 radical (unpaired) electrons. The molecule has 0 saturated carbocycles. The van der Waals surface area contributed by atoms with Crippen molar-refractivity contribution in [3.63, 3.8) is 0 Å². The molecule has 2 aromatic rings. The molecule has 1 aromatic carbocycles. The first-order valence-corrected chi connectivity index (χ1v) is 8.37. The van der Waals surface area contributed by atoms with E-state index in [1.54, 1.807) is 19.1 Å². The maximum atomic E-state index is 11.5. The van der Waals surface area contributed by atoms with Gasteiger partial charge in [0.15, 0.2) is 11.6 Å². The van der Waals surface area contributed by atoms with E-state index in [-0.39, 0.29) is 11.6 Å². The molecule has 0 bridgehead atoms. The lowest BCUT2D eigenvalue weighted by atomic mass is 10.3. The maximum absolute atomic E-state index is 11.5. The highest BCUT2D eigenvalue weighted by atomic mass is 32.2. The Morgan fingerprint density at radius 2 is 1.76 bits per heavy atom. The second-order valence-corrected chi connectivity index (χ2v) is 6.37. The number of para-hydroxylation sites is 1. The quantitative estimate of drug-likeness (QED) is 0.887. The van der Waals surface area contributed by atoms with E-state index in [1.807, 2.05) is 42.2 Å². The summed E-state index contributed by atoms with van der Waals surface area (Å²) in [7, 11) is -3.33. The third kappa shape index (κ3) is 3.91. The number of nitrogens with one attached hydrogen (secondary N) is 1. The predicted octanol–water partition coefficient (Wildman–Crippen LogP) is 2.40. The Hall–Kier alpha value is -2.15. The maximum Gasteiger partial charge on any atom is 0.233 e. The van der Waals surface area contributed by atoms with Crippen molar-refractivity contribution in [2.75, 3.05) is 21.9 Å². The molecule has 2 rings (SSSR count). The lowest BCUT2D eigenvalue weighted by Gasteiger charge is -2.21. The molecule has 1 aromatic heterocycles. The molecular weight excluding hydrogens is 288 g/mol. The minimum Gasteiger partial charge on any atom is -0.325 e. The first-order valence-electron chi connectivity index (χ1n) is 6.72. The van der Waals surface area contributed by atoms with Crippen LogP contribution in [0.3, 0.4) is 0 Å². The van der Waals surface area contributed by atoms with Gasteiger partial charge < -0.3 is 4.90 Å². The lowest BCUT2D eigenvalue weighted by molar-refractivity contribution is 0.602.